The standard InChI is InChI=1S/C28H21F2N3O2/c1-18(34)35-28-24(16-20-11-6-3-7-12-20)32-27-23(15-19-9-4-2-5-10-19)31-25(17-33(27)28)26-21(29)13-8-14-22(26)30/h2-14,17H,15-16H2,1H3. The zero-order chi connectivity index (χ0) is 24.4. The van der Waals surface area contributed by atoms with Crippen molar-refractivity contribution in [3.63, 3.8) is 0 Å². The Morgan fingerprint density at radius 1 is 0.800 bits per heavy atom. The van der Waals surface area contributed by atoms with Crippen LogP contribution in [0.3, 0.4) is 0 Å². The van der Waals surface area contributed by atoms with Gasteiger partial charge in [0.15, 0.2) is 5.65 Å². The number of carbonyl (C=O) groups is 1. The van der Waals surface area contributed by atoms with E-state index < -0.39 is 17.6 Å². The van der Waals surface area contributed by atoms with Gasteiger partial charge < -0.3 is 4.74 Å². The molecule has 0 atom stereocenters. The highest BCUT2D eigenvalue weighted by molar-refractivity contribution is 5.71. The van der Waals surface area contributed by atoms with E-state index in [0.29, 0.717) is 29.9 Å². The molecule has 0 aliphatic carbocycles. The van der Waals surface area contributed by atoms with E-state index in [4.69, 9.17) is 9.72 Å². The molecular weight excluding hydrogens is 448 g/mol. The zero-order valence-corrected chi connectivity index (χ0v) is 18.9. The number of imidazole rings is 1. The van der Waals surface area contributed by atoms with E-state index in [-0.39, 0.29) is 17.1 Å². The van der Waals surface area contributed by atoms with Crippen LogP contribution in [-0.4, -0.2) is 20.3 Å². The first-order chi connectivity index (χ1) is 17.0. The second kappa shape index (κ2) is 9.46. The van der Waals surface area contributed by atoms with Crippen molar-refractivity contribution >= 4 is 11.6 Å². The van der Waals surface area contributed by atoms with Crippen molar-refractivity contribution in [1.29, 1.82) is 0 Å². The Kier molecular flexibility index (Phi) is 6.06. The van der Waals surface area contributed by atoms with Gasteiger partial charge in [-0.15, -0.1) is 0 Å². The van der Waals surface area contributed by atoms with Crippen LogP contribution in [-0.2, 0) is 17.6 Å². The molecule has 0 unspecified atom stereocenters. The van der Waals surface area contributed by atoms with Gasteiger partial charge in [-0.2, -0.15) is 0 Å². The molecule has 7 heteroatoms. The van der Waals surface area contributed by atoms with Crippen molar-refractivity contribution in [2.45, 2.75) is 19.8 Å². The first kappa shape index (κ1) is 22.4. The number of carbonyl (C=O) groups excluding carboxylic acids is 1. The summed E-state index contributed by atoms with van der Waals surface area (Å²) in [6.07, 6.45) is 2.24. The van der Waals surface area contributed by atoms with E-state index in [1.165, 1.54) is 31.3 Å². The number of benzene rings is 3. The molecule has 0 saturated carbocycles. The lowest BCUT2D eigenvalue weighted by molar-refractivity contribution is -0.132. The molecule has 0 aliphatic rings. The Balaban J connectivity index is 1.76. The summed E-state index contributed by atoms with van der Waals surface area (Å²) >= 11 is 0. The number of rotatable bonds is 6. The quantitative estimate of drug-likeness (QED) is 0.296. The maximum absolute atomic E-state index is 14.7. The van der Waals surface area contributed by atoms with Crippen molar-refractivity contribution in [3.05, 3.63) is 119 Å². The Morgan fingerprint density at radius 2 is 1.37 bits per heavy atom. The summed E-state index contributed by atoms with van der Waals surface area (Å²) in [5.74, 6) is -1.80. The third kappa shape index (κ3) is 4.66. The van der Waals surface area contributed by atoms with Crippen LogP contribution in [0.4, 0.5) is 8.78 Å². The second-order valence-electron chi connectivity index (χ2n) is 8.15. The predicted molar refractivity (Wildman–Crippen MR) is 128 cm³/mol. The maximum Gasteiger partial charge on any atom is 0.309 e. The predicted octanol–water partition coefficient (Wildman–Crippen LogP) is 5.78. The molecule has 0 fully saturated rings. The molecule has 5 nitrogen and oxygen atoms in total. The summed E-state index contributed by atoms with van der Waals surface area (Å²) in [4.78, 5) is 21.4. The molecule has 0 N–H and O–H groups in total. The second-order valence-corrected chi connectivity index (χ2v) is 8.15. The normalized spacial score (nSPS) is 11.1. The topological polar surface area (TPSA) is 56.5 Å². The highest BCUT2D eigenvalue weighted by atomic mass is 19.1. The van der Waals surface area contributed by atoms with Gasteiger partial charge in [-0.3, -0.25) is 9.20 Å². The van der Waals surface area contributed by atoms with Crippen LogP contribution in [0.25, 0.3) is 16.9 Å². The van der Waals surface area contributed by atoms with Gasteiger partial charge >= 0.3 is 5.97 Å². The summed E-state index contributed by atoms with van der Waals surface area (Å²) in [6, 6.07) is 22.9. The molecule has 2 aromatic heterocycles. The minimum Gasteiger partial charge on any atom is -0.407 e. The van der Waals surface area contributed by atoms with Crippen LogP contribution in [0.2, 0.25) is 0 Å². The summed E-state index contributed by atoms with van der Waals surface area (Å²) in [5.41, 5.74) is 3.23. The Hall–Kier alpha value is -4.39. The lowest BCUT2D eigenvalue weighted by Gasteiger charge is -2.11. The summed E-state index contributed by atoms with van der Waals surface area (Å²) in [5, 5.41) is 0. The van der Waals surface area contributed by atoms with Crippen LogP contribution in [0.1, 0.15) is 29.4 Å². The number of aromatic nitrogens is 3. The van der Waals surface area contributed by atoms with E-state index >= 15 is 0 Å². The SMILES string of the molecule is CC(=O)Oc1c(Cc2ccccc2)nc2c(Cc3ccccc3)nc(-c3c(F)cccc3F)cn12. The molecular formula is C28H21F2N3O2. The van der Waals surface area contributed by atoms with Crippen molar-refractivity contribution < 1.29 is 18.3 Å². The summed E-state index contributed by atoms with van der Waals surface area (Å²) in [6.45, 7) is 1.30. The van der Waals surface area contributed by atoms with Crippen LogP contribution in [0, 0.1) is 11.6 Å². The molecule has 0 spiro atoms. The summed E-state index contributed by atoms with van der Waals surface area (Å²) < 4.78 is 36.6. The third-order valence-corrected chi connectivity index (χ3v) is 5.59. The van der Waals surface area contributed by atoms with Gasteiger partial charge in [-0.05, 0) is 23.3 Å². The zero-order valence-electron chi connectivity index (χ0n) is 18.9. The highest BCUT2D eigenvalue weighted by Crippen LogP contribution is 2.31. The molecule has 0 bridgehead atoms. The number of nitrogens with zero attached hydrogens (tertiary/aromatic N) is 3. The minimum absolute atomic E-state index is 0.0797. The van der Waals surface area contributed by atoms with Crippen molar-refractivity contribution in [2.24, 2.45) is 0 Å². The van der Waals surface area contributed by atoms with E-state index in [1.807, 2.05) is 60.7 Å². The van der Waals surface area contributed by atoms with Gasteiger partial charge in [-0.25, -0.2) is 18.7 Å². The summed E-state index contributed by atoms with van der Waals surface area (Å²) in [7, 11) is 0. The number of ether oxygens (including phenoxy) is 1. The smallest absolute Gasteiger partial charge is 0.309 e. The van der Waals surface area contributed by atoms with E-state index in [1.54, 1.807) is 4.40 Å². The van der Waals surface area contributed by atoms with Crippen LogP contribution in [0.5, 0.6) is 5.88 Å². The van der Waals surface area contributed by atoms with Crippen LogP contribution in [0.15, 0.2) is 85.1 Å². The Bertz CT molecular complexity index is 1500. The lowest BCUT2D eigenvalue weighted by Crippen LogP contribution is -2.08. The molecule has 0 amide bonds. The average molecular weight is 469 g/mol. The van der Waals surface area contributed by atoms with Crippen LogP contribution < -0.4 is 4.74 Å². The molecule has 0 radical (unpaired) electrons. The minimum atomic E-state index is -0.735. The number of fused-ring (bicyclic) bond motifs is 1. The number of hydrogen-bond donors (Lipinski definition) is 0. The maximum atomic E-state index is 14.7. The number of esters is 1. The lowest BCUT2D eigenvalue weighted by atomic mass is 10.1. The molecule has 174 valence electrons. The molecule has 2 heterocycles. The number of halogens is 2. The van der Waals surface area contributed by atoms with Gasteiger partial charge in [0.1, 0.15) is 17.3 Å². The largest absolute Gasteiger partial charge is 0.407 e. The molecule has 5 rings (SSSR count). The van der Waals surface area contributed by atoms with Gasteiger partial charge in [0.2, 0.25) is 5.88 Å². The Labute approximate surface area is 200 Å². The van der Waals surface area contributed by atoms with Gasteiger partial charge in [0.25, 0.3) is 0 Å². The van der Waals surface area contributed by atoms with Gasteiger partial charge in [0, 0.05) is 26.0 Å². The van der Waals surface area contributed by atoms with Crippen molar-refractivity contribution in [1.82, 2.24) is 14.4 Å². The van der Waals surface area contributed by atoms with E-state index in [2.05, 4.69) is 4.98 Å². The van der Waals surface area contributed by atoms with Crippen molar-refractivity contribution in [3.8, 4) is 17.1 Å². The average Bonchev–Trinajstić information content (AvgIpc) is 3.17. The van der Waals surface area contributed by atoms with Gasteiger partial charge in [0.05, 0.1) is 17.0 Å². The molecule has 5 aromatic rings. The molecule has 35 heavy (non-hydrogen) atoms. The third-order valence-electron chi connectivity index (χ3n) is 5.59. The monoisotopic (exact) mass is 469 g/mol. The van der Waals surface area contributed by atoms with E-state index in [0.717, 1.165) is 11.1 Å². The fourth-order valence-corrected chi connectivity index (χ4v) is 4.05. The van der Waals surface area contributed by atoms with Gasteiger partial charge in [-0.1, -0.05) is 66.7 Å². The molecule has 0 saturated heterocycles. The fourth-order valence-electron chi connectivity index (χ4n) is 4.05. The van der Waals surface area contributed by atoms with E-state index in [9.17, 15) is 13.6 Å². The Morgan fingerprint density at radius 3 is 1.94 bits per heavy atom. The molecule has 3 aromatic carbocycles. The highest BCUT2D eigenvalue weighted by Gasteiger charge is 2.22. The van der Waals surface area contributed by atoms with Crippen molar-refractivity contribution in [2.75, 3.05) is 0 Å². The number of hydrogen-bond acceptors (Lipinski definition) is 4. The van der Waals surface area contributed by atoms with Crippen LogP contribution >= 0.6 is 0 Å². The molecule has 0 aliphatic heterocycles. The first-order valence-corrected chi connectivity index (χ1v) is 11.1. The first-order valence-electron chi connectivity index (χ1n) is 11.1. The fraction of sp³-hybridized carbons (Fsp3) is 0.107.